The second-order valence-corrected chi connectivity index (χ2v) is 9.71. The molecule has 2 aliphatic rings. The Kier molecular flexibility index (Phi) is 5.90. The molecule has 0 saturated carbocycles. The highest BCUT2D eigenvalue weighted by molar-refractivity contribution is 5.92. The highest BCUT2D eigenvalue weighted by Crippen LogP contribution is 2.38. The zero-order valence-electron chi connectivity index (χ0n) is 19.5. The summed E-state index contributed by atoms with van der Waals surface area (Å²) in [5, 5.41) is 13.1. The number of carbonyl (C=O) groups excluding carboxylic acids is 2. The Labute approximate surface area is 205 Å². The highest BCUT2D eigenvalue weighted by Gasteiger charge is 2.49. The first-order valence-corrected chi connectivity index (χ1v) is 11.6. The van der Waals surface area contributed by atoms with E-state index in [1.165, 1.54) is 29.2 Å². The number of ether oxygens (including phenoxy) is 1. The summed E-state index contributed by atoms with van der Waals surface area (Å²) in [5.74, 6) is -1.27. The number of phenols is 1. The number of aromatic hydroxyl groups is 1. The molecule has 2 atom stereocenters. The van der Waals surface area contributed by atoms with Gasteiger partial charge in [0.15, 0.2) is 6.04 Å². The Morgan fingerprint density at radius 3 is 2.50 bits per heavy atom. The minimum Gasteiger partial charge on any atom is -0.508 e. The Bertz CT molecular complexity index is 1330. The first-order valence-electron chi connectivity index (χ1n) is 11.6. The molecule has 3 aromatic carbocycles. The third-order valence-corrected chi connectivity index (χ3v) is 6.99. The van der Waals surface area contributed by atoms with E-state index in [-0.39, 0.29) is 43.4 Å². The number of halogens is 3. The van der Waals surface area contributed by atoms with Crippen LogP contribution in [0.1, 0.15) is 29.7 Å². The van der Waals surface area contributed by atoms with Crippen LogP contribution in [0.4, 0.5) is 13.2 Å². The predicted molar refractivity (Wildman–Crippen MR) is 126 cm³/mol. The average Bonchev–Trinajstić information content (AvgIpc) is 2.83. The lowest BCUT2D eigenvalue weighted by atomic mass is 9.84. The van der Waals surface area contributed by atoms with Gasteiger partial charge in [-0.15, -0.1) is 0 Å². The van der Waals surface area contributed by atoms with Crippen molar-refractivity contribution in [3.8, 4) is 5.75 Å². The van der Waals surface area contributed by atoms with Crippen molar-refractivity contribution in [2.24, 2.45) is 5.41 Å². The Morgan fingerprint density at radius 1 is 1.08 bits per heavy atom. The third-order valence-electron chi connectivity index (χ3n) is 6.99. The number of hydrogen-bond acceptors (Lipinski definition) is 4. The fourth-order valence-corrected chi connectivity index (χ4v) is 4.97. The van der Waals surface area contributed by atoms with E-state index in [9.17, 15) is 27.9 Å². The number of hydrogen-bond donors (Lipinski definition) is 2. The lowest BCUT2D eigenvalue weighted by Gasteiger charge is -2.44. The summed E-state index contributed by atoms with van der Waals surface area (Å²) in [4.78, 5) is 28.3. The quantitative estimate of drug-likeness (QED) is 0.564. The number of alkyl halides is 3. The molecule has 0 aliphatic carbocycles. The number of phenolic OH excluding ortho intramolecular Hbond substituents is 1. The maximum absolute atomic E-state index is 14.3. The predicted octanol–water partition coefficient (Wildman–Crippen LogP) is 4.26. The molecule has 0 bridgehead atoms. The number of nitrogens with one attached hydrogen (secondary N) is 1. The van der Waals surface area contributed by atoms with Crippen molar-refractivity contribution in [3.05, 3.63) is 77.4 Å². The van der Waals surface area contributed by atoms with Crippen LogP contribution in [0.3, 0.4) is 0 Å². The van der Waals surface area contributed by atoms with Crippen LogP contribution in [0.15, 0.2) is 60.7 Å². The lowest BCUT2D eigenvalue weighted by Crippen LogP contribution is -2.60. The Morgan fingerprint density at radius 2 is 1.81 bits per heavy atom. The molecule has 2 amide bonds. The Hall–Kier alpha value is -3.59. The average molecular weight is 499 g/mol. The van der Waals surface area contributed by atoms with Gasteiger partial charge >= 0.3 is 6.18 Å². The largest absolute Gasteiger partial charge is 0.508 e. The van der Waals surface area contributed by atoms with E-state index in [1.807, 2.05) is 0 Å². The number of amides is 2. The van der Waals surface area contributed by atoms with Gasteiger partial charge in [0.1, 0.15) is 11.8 Å². The summed E-state index contributed by atoms with van der Waals surface area (Å²) < 4.78 is 48.2. The third kappa shape index (κ3) is 4.28. The molecule has 1 saturated heterocycles. The number of nitrogens with zero attached hydrogens (tertiary/aromatic N) is 1. The van der Waals surface area contributed by atoms with E-state index in [2.05, 4.69) is 5.32 Å². The van der Waals surface area contributed by atoms with E-state index in [0.717, 1.165) is 5.56 Å². The minimum atomic E-state index is -4.77. The number of fused-ring (bicyclic) bond motifs is 2. The summed E-state index contributed by atoms with van der Waals surface area (Å²) in [6.07, 6.45) is -4.79. The molecule has 5 rings (SSSR count). The summed E-state index contributed by atoms with van der Waals surface area (Å²) in [6.45, 7) is 2.13. The second kappa shape index (κ2) is 8.81. The van der Waals surface area contributed by atoms with Gasteiger partial charge in [0, 0.05) is 13.0 Å². The molecule has 188 valence electrons. The number of rotatable bonds is 4. The standard InChI is InChI=1S/C27H25F3N2O4/c1-26(14-36-15-26)25(35)32-13-17-9-10-19(33)11-18(17)12-22(32)24(34)31-23(27(28,29)30)21-8-4-6-16-5-2-3-7-20(16)21/h2-11,22-23,33H,12-15H2,1H3,(H,31,34)/t22-,23+/m1/s1. The molecule has 3 aromatic rings. The van der Waals surface area contributed by atoms with Crippen molar-refractivity contribution < 1.29 is 32.6 Å². The molecule has 0 spiro atoms. The molecule has 2 aliphatic heterocycles. The van der Waals surface area contributed by atoms with Crippen LogP contribution in [0.25, 0.3) is 10.8 Å². The molecule has 36 heavy (non-hydrogen) atoms. The second-order valence-electron chi connectivity index (χ2n) is 9.71. The van der Waals surface area contributed by atoms with Crippen molar-refractivity contribution in [1.29, 1.82) is 0 Å². The molecule has 1 fully saturated rings. The van der Waals surface area contributed by atoms with Crippen LogP contribution in [0.5, 0.6) is 5.75 Å². The number of carbonyl (C=O) groups is 2. The Balaban J connectivity index is 1.51. The van der Waals surface area contributed by atoms with Gasteiger partial charge in [0.05, 0.1) is 18.6 Å². The molecule has 9 heteroatoms. The number of benzene rings is 3. The molecule has 0 aromatic heterocycles. The minimum absolute atomic E-state index is 0.0155. The van der Waals surface area contributed by atoms with E-state index >= 15 is 0 Å². The highest BCUT2D eigenvalue weighted by atomic mass is 19.4. The molecule has 6 nitrogen and oxygen atoms in total. The SMILES string of the molecule is CC1(C(=O)N2Cc3ccc(O)cc3C[C@@H]2C(=O)N[C@@H](c2cccc3ccccc23)C(F)(F)F)COC1. The van der Waals surface area contributed by atoms with Crippen LogP contribution in [0, 0.1) is 5.41 Å². The zero-order valence-corrected chi connectivity index (χ0v) is 19.5. The molecule has 2 N–H and O–H groups in total. The molecule has 2 heterocycles. The molecule has 0 unspecified atom stereocenters. The smallest absolute Gasteiger partial charge is 0.412 e. The van der Waals surface area contributed by atoms with Gasteiger partial charge in [-0.1, -0.05) is 48.5 Å². The van der Waals surface area contributed by atoms with E-state index in [4.69, 9.17) is 4.74 Å². The van der Waals surface area contributed by atoms with Crippen LogP contribution in [-0.2, 0) is 27.3 Å². The maximum Gasteiger partial charge on any atom is 0.412 e. The zero-order chi connectivity index (χ0) is 25.7. The van der Waals surface area contributed by atoms with Gasteiger partial charge in [-0.2, -0.15) is 13.2 Å². The van der Waals surface area contributed by atoms with Crippen molar-refractivity contribution in [2.45, 2.75) is 38.1 Å². The topological polar surface area (TPSA) is 78.9 Å². The van der Waals surface area contributed by atoms with Crippen LogP contribution < -0.4 is 5.32 Å². The van der Waals surface area contributed by atoms with Gasteiger partial charge in [0.2, 0.25) is 11.8 Å². The maximum atomic E-state index is 14.3. The molecular weight excluding hydrogens is 473 g/mol. The molecular formula is C27H25F3N2O4. The van der Waals surface area contributed by atoms with Crippen LogP contribution in [-0.4, -0.2) is 47.3 Å². The lowest BCUT2D eigenvalue weighted by molar-refractivity contribution is -0.176. The van der Waals surface area contributed by atoms with Crippen molar-refractivity contribution >= 4 is 22.6 Å². The fraction of sp³-hybridized carbons (Fsp3) is 0.333. The van der Waals surface area contributed by atoms with Gasteiger partial charge in [0.25, 0.3) is 0 Å². The summed E-state index contributed by atoms with van der Waals surface area (Å²) in [6, 6.07) is 12.4. The van der Waals surface area contributed by atoms with Crippen LogP contribution >= 0.6 is 0 Å². The van der Waals surface area contributed by atoms with Gasteiger partial charge < -0.3 is 20.1 Å². The van der Waals surface area contributed by atoms with Crippen molar-refractivity contribution in [1.82, 2.24) is 10.2 Å². The fourth-order valence-electron chi connectivity index (χ4n) is 4.97. The van der Waals surface area contributed by atoms with Gasteiger partial charge in [-0.05, 0) is 46.5 Å². The van der Waals surface area contributed by atoms with E-state index in [1.54, 1.807) is 43.3 Å². The normalized spacial score (nSPS) is 19.8. The van der Waals surface area contributed by atoms with Crippen LogP contribution in [0.2, 0.25) is 0 Å². The van der Waals surface area contributed by atoms with E-state index < -0.39 is 29.6 Å². The first-order chi connectivity index (χ1) is 17.1. The summed E-state index contributed by atoms with van der Waals surface area (Å²) in [5.41, 5.74) is 0.435. The summed E-state index contributed by atoms with van der Waals surface area (Å²) in [7, 11) is 0. The first kappa shape index (κ1) is 24.1. The van der Waals surface area contributed by atoms with Crippen molar-refractivity contribution in [3.63, 3.8) is 0 Å². The van der Waals surface area contributed by atoms with Gasteiger partial charge in [-0.25, -0.2) is 0 Å². The van der Waals surface area contributed by atoms with Gasteiger partial charge in [-0.3, -0.25) is 9.59 Å². The summed E-state index contributed by atoms with van der Waals surface area (Å²) >= 11 is 0. The van der Waals surface area contributed by atoms with E-state index in [0.29, 0.717) is 16.3 Å². The molecule has 0 radical (unpaired) electrons. The van der Waals surface area contributed by atoms with Crippen molar-refractivity contribution in [2.75, 3.05) is 13.2 Å². The monoisotopic (exact) mass is 498 g/mol.